The molecule has 0 aromatic carbocycles. The number of hydrogen-bond donors (Lipinski definition) is 1. The first-order valence-electron chi connectivity index (χ1n) is 6.45. The third kappa shape index (κ3) is 3.15. The maximum absolute atomic E-state index is 12.2. The lowest BCUT2D eigenvalue weighted by atomic mass is 10.2. The van der Waals surface area contributed by atoms with Crippen LogP contribution in [0.4, 0.5) is 0 Å². The van der Waals surface area contributed by atoms with Crippen LogP contribution in [-0.2, 0) is 10.0 Å². The lowest BCUT2D eigenvalue weighted by Crippen LogP contribution is -2.50. The lowest BCUT2D eigenvalue weighted by Gasteiger charge is -2.32. The second-order valence-corrected chi connectivity index (χ2v) is 7.14. The molecule has 1 aliphatic heterocycles. The molecule has 0 aliphatic carbocycles. The highest BCUT2D eigenvalue weighted by Gasteiger charge is 2.28. The van der Waals surface area contributed by atoms with E-state index >= 15 is 0 Å². The molecular formula is C11H19N5O3S. The van der Waals surface area contributed by atoms with Crippen LogP contribution in [0.15, 0.2) is 0 Å². The van der Waals surface area contributed by atoms with Crippen LogP contribution in [0.1, 0.15) is 36.2 Å². The fourth-order valence-corrected chi connectivity index (χ4v) is 2.82. The van der Waals surface area contributed by atoms with E-state index in [4.69, 9.17) is 0 Å². The number of carbonyl (C=O) groups is 1. The lowest BCUT2D eigenvalue weighted by molar-refractivity contribution is 0.0686. The molecule has 20 heavy (non-hydrogen) atoms. The van der Waals surface area contributed by atoms with Crippen molar-refractivity contribution in [3.63, 3.8) is 0 Å². The minimum atomic E-state index is -3.19. The number of sulfonamides is 1. The third-order valence-corrected chi connectivity index (χ3v) is 4.54. The van der Waals surface area contributed by atoms with Crippen LogP contribution in [-0.4, -0.2) is 71.1 Å². The van der Waals surface area contributed by atoms with Gasteiger partial charge >= 0.3 is 0 Å². The number of amides is 1. The van der Waals surface area contributed by atoms with E-state index in [2.05, 4.69) is 15.2 Å². The summed E-state index contributed by atoms with van der Waals surface area (Å²) in [6.45, 7) is 5.26. The molecule has 1 saturated heterocycles. The average molecular weight is 301 g/mol. The zero-order chi connectivity index (χ0) is 14.9. The Morgan fingerprint density at radius 1 is 1.25 bits per heavy atom. The Balaban J connectivity index is 2.01. The van der Waals surface area contributed by atoms with Crippen molar-refractivity contribution in [2.75, 3.05) is 32.4 Å². The van der Waals surface area contributed by atoms with Crippen molar-refractivity contribution in [1.82, 2.24) is 24.4 Å². The minimum absolute atomic E-state index is 0.140. The summed E-state index contributed by atoms with van der Waals surface area (Å²) < 4.78 is 24.2. The molecule has 0 unspecified atom stereocenters. The van der Waals surface area contributed by atoms with Gasteiger partial charge in [-0.15, -0.1) is 5.10 Å². The number of piperazine rings is 1. The number of carbonyl (C=O) groups excluding carboxylic acids is 1. The Morgan fingerprint density at radius 3 is 2.30 bits per heavy atom. The Hall–Kier alpha value is -1.48. The summed E-state index contributed by atoms with van der Waals surface area (Å²) in [4.78, 5) is 17.9. The van der Waals surface area contributed by atoms with Gasteiger partial charge in [-0.3, -0.25) is 9.89 Å². The van der Waals surface area contributed by atoms with Gasteiger partial charge in [0.2, 0.25) is 15.8 Å². The van der Waals surface area contributed by atoms with Gasteiger partial charge < -0.3 is 4.90 Å². The van der Waals surface area contributed by atoms with Crippen molar-refractivity contribution in [2.45, 2.75) is 19.8 Å². The molecule has 2 rings (SSSR count). The minimum Gasteiger partial charge on any atom is -0.333 e. The first-order valence-corrected chi connectivity index (χ1v) is 8.30. The van der Waals surface area contributed by atoms with Crippen LogP contribution < -0.4 is 0 Å². The van der Waals surface area contributed by atoms with Crippen LogP contribution in [0, 0.1) is 0 Å². The Morgan fingerprint density at radius 2 is 1.85 bits per heavy atom. The molecule has 112 valence electrons. The number of H-pyrrole nitrogens is 1. The Kier molecular flexibility index (Phi) is 4.09. The summed E-state index contributed by atoms with van der Waals surface area (Å²) >= 11 is 0. The Labute approximate surface area is 118 Å². The average Bonchev–Trinajstić information content (AvgIpc) is 2.86. The number of hydrogen-bond acceptors (Lipinski definition) is 5. The van der Waals surface area contributed by atoms with Crippen molar-refractivity contribution in [2.24, 2.45) is 0 Å². The van der Waals surface area contributed by atoms with Crippen LogP contribution in [0.5, 0.6) is 0 Å². The molecule has 0 bridgehead atoms. The van der Waals surface area contributed by atoms with E-state index in [9.17, 15) is 13.2 Å². The van der Waals surface area contributed by atoms with E-state index in [-0.39, 0.29) is 17.6 Å². The van der Waals surface area contributed by atoms with E-state index in [0.29, 0.717) is 32.0 Å². The van der Waals surface area contributed by atoms with Gasteiger partial charge in [-0.2, -0.15) is 4.31 Å². The summed E-state index contributed by atoms with van der Waals surface area (Å²) in [5, 5.41) is 6.66. The number of aromatic amines is 1. The van der Waals surface area contributed by atoms with Crippen molar-refractivity contribution in [3.05, 3.63) is 11.6 Å². The van der Waals surface area contributed by atoms with Gasteiger partial charge in [-0.05, 0) is 0 Å². The largest absolute Gasteiger partial charge is 0.333 e. The van der Waals surface area contributed by atoms with Gasteiger partial charge in [0.25, 0.3) is 5.91 Å². The van der Waals surface area contributed by atoms with Crippen molar-refractivity contribution >= 4 is 15.9 Å². The maximum Gasteiger partial charge on any atom is 0.293 e. The standard InChI is InChI=1S/C11H19N5O3S/c1-8(2)9-12-10(14-13-9)11(17)15-4-6-16(7-5-15)20(3,18)19/h8H,4-7H2,1-3H3,(H,12,13,14). The van der Waals surface area contributed by atoms with Crippen molar-refractivity contribution in [3.8, 4) is 0 Å². The monoisotopic (exact) mass is 301 g/mol. The quantitative estimate of drug-likeness (QED) is 0.822. The summed E-state index contributed by atoms with van der Waals surface area (Å²) in [6.07, 6.45) is 1.18. The summed E-state index contributed by atoms with van der Waals surface area (Å²) in [5.74, 6) is 0.720. The predicted molar refractivity (Wildman–Crippen MR) is 72.8 cm³/mol. The first-order chi connectivity index (χ1) is 9.29. The van der Waals surface area contributed by atoms with Gasteiger partial charge in [0, 0.05) is 32.1 Å². The second-order valence-electron chi connectivity index (χ2n) is 5.15. The van der Waals surface area contributed by atoms with E-state index in [1.54, 1.807) is 4.90 Å². The van der Waals surface area contributed by atoms with E-state index in [1.165, 1.54) is 10.6 Å². The molecule has 0 saturated carbocycles. The highest BCUT2D eigenvalue weighted by Crippen LogP contribution is 2.11. The molecule has 1 aromatic rings. The molecule has 0 atom stereocenters. The highest BCUT2D eigenvalue weighted by molar-refractivity contribution is 7.88. The van der Waals surface area contributed by atoms with Crippen molar-refractivity contribution < 1.29 is 13.2 Å². The summed E-state index contributed by atoms with van der Waals surface area (Å²) in [7, 11) is -3.19. The second kappa shape index (κ2) is 5.49. The van der Waals surface area contributed by atoms with Gasteiger partial charge in [0.1, 0.15) is 5.82 Å². The van der Waals surface area contributed by atoms with Gasteiger partial charge in [0.15, 0.2) is 0 Å². The molecule has 8 nitrogen and oxygen atoms in total. The molecule has 2 heterocycles. The third-order valence-electron chi connectivity index (χ3n) is 3.24. The number of aromatic nitrogens is 3. The predicted octanol–water partition coefficient (Wildman–Crippen LogP) is -0.354. The fourth-order valence-electron chi connectivity index (χ4n) is 1.99. The molecule has 0 spiro atoms. The number of rotatable bonds is 3. The van der Waals surface area contributed by atoms with Crippen LogP contribution in [0.25, 0.3) is 0 Å². The fraction of sp³-hybridized carbons (Fsp3) is 0.727. The van der Waals surface area contributed by atoms with Crippen LogP contribution in [0.3, 0.4) is 0 Å². The molecule has 1 N–H and O–H groups in total. The van der Waals surface area contributed by atoms with Crippen molar-refractivity contribution in [1.29, 1.82) is 0 Å². The molecule has 1 fully saturated rings. The zero-order valence-electron chi connectivity index (χ0n) is 11.8. The van der Waals surface area contributed by atoms with E-state index < -0.39 is 10.0 Å². The first kappa shape index (κ1) is 14.9. The van der Waals surface area contributed by atoms with Gasteiger partial charge in [-0.25, -0.2) is 13.4 Å². The van der Waals surface area contributed by atoms with E-state index in [0.717, 1.165) is 0 Å². The highest BCUT2D eigenvalue weighted by atomic mass is 32.2. The molecule has 1 aliphatic rings. The molecule has 1 aromatic heterocycles. The molecule has 1 amide bonds. The van der Waals surface area contributed by atoms with Gasteiger partial charge in [0.05, 0.1) is 6.26 Å². The smallest absolute Gasteiger partial charge is 0.293 e. The Bertz CT molecular complexity index is 587. The summed E-state index contributed by atoms with van der Waals surface area (Å²) in [5.41, 5.74) is 0. The number of nitrogens with zero attached hydrogens (tertiary/aromatic N) is 4. The zero-order valence-corrected chi connectivity index (χ0v) is 12.6. The SMILES string of the molecule is CC(C)c1nc(C(=O)N2CCN(S(C)(=O)=O)CC2)n[nH]1. The van der Waals surface area contributed by atoms with E-state index in [1.807, 2.05) is 13.8 Å². The maximum atomic E-state index is 12.2. The van der Waals surface area contributed by atoms with Gasteiger partial charge in [-0.1, -0.05) is 13.8 Å². The topological polar surface area (TPSA) is 99.3 Å². The van der Waals surface area contributed by atoms with Crippen LogP contribution >= 0.6 is 0 Å². The molecular weight excluding hydrogens is 282 g/mol. The number of nitrogens with one attached hydrogen (secondary N) is 1. The molecule has 9 heteroatoms. The summed E-state index contributed by atoms with van der Waals surface area (Å²) in [6, 6.07) is 0. The normalized spacial score (nSPS) is 17.7. The van der Waals surface area contributed by atoms with Crippen LogP contribution in [0.2, 0.25) is 0 Å². The molecule has 0 radical (unpaired) electrons.